The molecular formula is C15H15Cl2N3O3S. The highest BCUT2D eigenvalue weighted by Gasteiger charge is 2.07. The molecule has 2 rings (SSSR count). The Hall–Kier alpha value is -1.64. The molecule has 0 spiro atoms. The third kappa shape index (κ3) is 5.47. The zero-order valence-electron chi connectivity index (χ0n) is 12.4. The van der Waals surface area contributed by atoms with Crippen molar-refractivity contribution in [2.75, 3.05) is 11.9 Å². The molecule has 0 bridgehead atoms. The van der Waals surface area contributed by atoms with Crippen LogP contribution in [0.2, 0.25) is 10.0 Å². The largest absolute Gasteiger partial charge is 0.325 e. The Morgan fingerprint density at radius 1 is 1.04 bits per heavy atom. The van der Waals surface area contributed by atoms with Gasteiger partial charge in [0.15, 0.2) is 0 Å². The van der Waals surface area contributed by atoms with Crippen LogP contribution in [0.1, 0.15) is 5.56 Å². The van der Waals surface area contributed by atoms with Gasteiger partial charge in [-0.05, 0) is 35.9 Å². The molecule has 2 aromatic carbocycles. The minimum absolute atomic E-state index is 0.0450. The van der Waals surface area contributed by atoms with Crippen LogP contribution in [-0.2, 0) is 21.4 Å². The smallest absolute Gasteiger partial charge is 0.238 e. The molecule has 0 radical (unpaired) electrons. The van der Waals surface area contributed by atoms with Crippen LogP contribution in [0.15, 0.2) is 47.4 Å². The Kier molecular flexibility index (Phi) is 6.20. The summed E-state index contributed by atoms with van der Waals surface area (Å²) in [6, 6.07) is 10.9. The quantitative estimate of drug-likeness (QED) is 0.707. The normalized spacial score (nSPS) is 11.3. The Balaban J connectivity index is 1.83. The fraction of sp³-hybridized carbons (Fsp3) is 0.133. The van der Waals surface area contributed by atoms with Crippen LogP contribution in [-0.4, -0.2) is 20.9 Å². The number of benzene rings is 2. The van der Waals surface area contributed by atoms with Gasteiger partial charge >= 0.3 is 0 Å². The Morgan fingerprint density at radius 2 is 1.71 bits per heavy atom. The van der Waals surface area contributed by atoms with Gasteiger partial charge < -0.3 is 10.6 Å². The summed E-state index contributed by atoms with van der Waals surface area (Å²) in [6.07, 6.45) is 0. The van der Waals surface area contributed by atoms with E-state index in [0.29, 0.717) is 22.3 Å². The fourth-order valence-electron chi connectivity index (χ4n) is 1.90. The van der Waals surface area contributed by atoms with E-state index in [2.05, 4.69) is 10.6 Å². The van der Waals surface area contributed by atoms with Gasteiger partial charge in [-0.15, -0.1) is 0 Å². The van der Waals surface area contributed by atoms with Gasteiger partial charge in [0, 0.05) is 12.2 Å². The molecule has 9 heteroatoms. The molecule has 4 N–H and O–H groups in total. The molecule has 0 aliphatic carbocycles. The second-order valence-electron chi connectivity index (χ2n) is 4.97. The van der Waals surface area contributed by atoms with Crippen molar-refractivity contribution in [2.24, 2.45) is 5.14 Å². The number of nitrogens with one attached hydrogen (secondary N) is 2. The van der Waals surface area contributed by atoms with Crippen LogP contribution in [0.3, 0.4) is 0 Å². The topological polar surface area (TPSA) is 101 Å². The highest BCUT2D eigenvalue weighted by molar-refractivity contribution is 7.89. The van der Waals surface area contributed by atoms with Crippen molar-refractivity contribution in [2.45, 2.75) is 11.4 Å². The molecule has 0 fully saturated rings. The third-order valence-electron chi connectivity index (χ3n) is 3.07. The average Bonchev–Trinajstić information content (AvgIpc) is 2.50. The van der Waals surface area contributed by atoms with E-state index in [1.807, 2.05) is 0 Å². The van der Waals surface area contributed by atoms with Crippen LogP contribution in [0.4, 0.5) is 5.69 Å². The summed E-state index contributed by atoms with van der Waals surface area (Å²) < 4.78 is 22.3. The predicted molar refractivity (Wildman–Crippen MR) is 94.6 cm³/mol. The van der Waals surface area contributed by atoms with Gasteiger partial charge in [-0.2, -0.15) is 0 Å². The number of rotatable bonds is 6. The van der Waals surface area contributed by atoms with E-state index in [1.54, 1.807) is 30.3 Å². The predicted octanol–water partition coefficient (Wildman–Crippen LogP) is 2.37. The summed E-state index contributed by atoms with van der Waals surface area (Å²) in [5.74, 6) is -0.241. The van der Waals surface area contributed by atoms with Gasteiger partial charge in [0.2, 0.25) is 15.9 Å². The number of sulfonamides is 1. The van der Waals surface area contributed by atoms with E-state index in [0.717, 1.165) is 5.56 Å². The number of hydrogen-bond acceptors (Lipinski definition) is 4. The van der Waals surface area contributed by atoms with Crippen LogP contribution in [0.5, 0.6) is 0 Å². The summed E-state index contributed by atoms with van der Waals surface area (Å²) in [5, 5.41) is 11.4. The fourth-order valence-corrected chi connectivity index (χ4v) is 2.71. The lowest BCUT2D eigenvalue weighted by atomic mass is 10.2. The third-order valence-corrected chi connectivity index (χ3v) is 4.74. The number of amides is 1. The van der Waals surface area contributed by atoms with Crippen molar-refractivity contribution in [1.82, 2.24) is 5.32 Å². The maximum Gasteiger partial charge on any atom is 0.238 e. The first-order valence-corrected chi connectivity index (χ1v) is 9.13. The highest BCUT2D eigenvalue weighted by atomic mass is 35.5. The maximum atomic E-state index is 11.8. The Labute approximate surface area is 150 Å². The lowest BCUT2D eigenvalue weighted by Crippen LogP contribution is -2.27. The van der Waals surface area contributed by atoms with Gasteiger partial charge in [0.05, 0.1) is 21.5 Å². The van der Waals surface area contributed by atoms with Crippen molar-refractivity contribution < 1.29 is 13.2 Å². The van der Waals surface area contributed by atoms with Crippen LogP contribution in [0.25, 0.3) is 0 Å². The van der Waals surface area contributed by atoms with E-state index in [-0.39, 0.29) is 17.3 Å². The molecule has 0 aliphatic rings. The van der Waals surface area contributed by atoms with E-state index in [1.165, 1.54) is 12.1 Å². The summed E-state index contributed by atoms with van der Waals surface area (Å²) in [6.45, 7) is 0.483. The van der Waals surface area contributed by atoms with Gasteiger partial charge in [-0.3, -0.25) is 4.79 Å². The molecule has 0 unspecified atom stereocenters. The van der Waals surface area contributed by atoms with Crippen LogP contribution >= 0.6 is 23.2 Å². The average molecular weight is 388 g/mol. The van der Waals surface area contributed by atoms with Gasteiger partial charge in [0.25, 0.3) is 0 Å². The van der Waals surface area contributed by atoms with Gasteiger partial charge in [-0.1, -0.05) is 35.3 Å². The zero-order chi connectivity index (χ0) is 17.7. The lowest BCUT2D eigenvalue weighted by molar-refractivity contribution is -0.115. The molecule has 2 aromatic rings. The summed E-state index contributed by atoms with van der Waals surface area (Å²) in [4.78, 5) is 11.9. The summed E-state index contributed by atoms with van der Waals surface area (Å²) in [7, 11) is -3.70. The van der Waals surface area contributed by atoms with Crippen molar-refractivity contribution in [3.05, 3.63) is 58.1 Å². The number of halogens is 2. The molecule has 6 nitrogen and oxygen atoms in total. The second kappa shape index (κ2) is 7.96. The van der Waals surface area contributed by atoms with Gasteiger partial charge in [0.1, 0.15) is 0 Å². The minimum atomic E-state index is -3.70. The SMILES string of the molecule is NS(=O)(=O)c1ccc(CNCC(=O)Nc2ccc(Cl)c(Cl)c2)cc1. The number of primary sulfonamides is 1. The number of anilines is 1. The highest BCUT2D eigenvalue weighted by Crippen LogP contribution is 2.24. The van der Waals surface area contributed by atoms with E-state index >= 15 is 0 Å². The second-order valence-corrected chi connectivity index (χ2v) is 7.35. The molecule has 0 aromatic heterocycles. The molecule has 24 heavy (non-hydrogen) atoms. The first kappa shape index (κ1) is 18.7. The molecule has 0 heterocycles. The maximum absolute atomic E-state index is 11.8. The van der Waals surface area contributed by atoms with Crippen molar-refractivity contribution >= 4 is 44.8 Å². The number of hydrogen-bond donors (Lipinski definition) is 3. The molecule has 0 atom stereocenters. The zero-order valence-corrected chi connectivity index (χ0v) is 14.8. The lowest BCUT2D eigenvalue weighted by Gasteiger charge is -2.08. The standard InChI is InChI=1S/C15H15Cl2N3O3S/c16-13-6-3-11(7-14(13)17)20-15(21)9-19-8-10-1-4-12(5-2-10)24(18,22)23/h1-7,19H,8-9H2,(H,20,21)(H2,18,22,23). The molecule has 0 saturated heterocycles. The van der Waals surface area contributed by atoms with E-state index in [9.17, 15) is 13.2 Å². The minimum Gasteiger partial charge on any atom is -0.325 e. The molecular weight excluding hydrogens is 373 g/mol. The first-order chi connectivity index (χ1) is 11.3. The summed E-state index contributed by atoms with van der Waals surface area (Å²) >= 11 is 11.7. The monoisotopic (exact) mass is 387 g/mol. The van der Waals surface area contributed by atoms with Crippen LogP contribution in [0, 0.1) is 0 Å². The number of carbonyl (C=O) groups excluding carboxylic acids is 1. The van der Waals surface area contributed by atoms with Gasteiger partial charge in [-0.25, -0.2) is 13.6 Å². The first-order valence-electron chi connectivity index (χ1n) is 6.83. The van der Waals surface area contributed by atoms with E-state index < -0.39 is 10.0 Å². The number of carbonyl (C=O) groups is 1. The van der Waals surface area contributed by atoms with Crippen LogP contribution < -0.4 is 15.8 Å². The number of nitrogens with two attached hydrogens (primary N) is 1. The van der Waals surface area contributed by atoms with Crippen molar-refractivity contribution in [3.8, 4) is 0 Å². The Morgan fingerprint density at radius 3 is 2.29 bits per heavy atom. The molecule has 1 amide bonds. The van der Waals surface area contributed by atoms with E-state index in [4.69, 9.17) is 28.3 Å². The molecule has 0 aliphatic heterocycles. The molecule has 0 saturated carbocycles. The van der Waals surface area contributed by atoms with Crippen molar-refractivity contribution in [3.63, 3.8) is 0 Å². The Bertz CT molecular complexity index is 840. The molecule has 128 valence electrons. The summed E-state index contributed by atoms with van der Waals surface area (Å²) in [5.41, 5.74) is 1.37. The van der Waals surface area contributed by atoms with Crippen molar-refractivity contribution in [1.29, 1.82) is 0 Å².